The van der Waals surface area contributed by atoms with Gasteiger partial charge < -0.3 is 10.2 Å². The lowest BCUT2D eigenvalue weighted by molar-refractivity contribution is 0.420. The fourth-order valence-electron chi connectivity index (χ4n) is 4.39. The summed E-state index contributed by atoms with van der Waals surface area (Å²) in [7, 11) is 0. The van der Waals surface area contributed by atoms with Crippen LogP contribution in [0.3, 0.4) is 0 Å². The number of rotatable bonds is 6. The van der Waals surface area contributed by atoms with Gasteiger partial charge in [0.25, 0.3) is 0 Å². The molecule has 29 heavy (non-hydrogen) atoms. The lowest BCUT2D eigenvalue weighted by Crippen LogP contribution is -2.28. The van der Waals surface area contributed by atoms with E-state index in [-0.39, 0.29) is 16.2 Å². The van der Waals surface area contributed by atoms with Crippen molar-refractivity contribution in [3.8, 4) is 11.5 Å². The van der Waals surface area contributed by atoms with E-state index >= 15 is 0 Å². The van der Waals surface area contributed by atoms with Crippen LogP contribution in [0.2, 0.25) is 0 Å². The predicted molar refractivity (Wildman–Crippen MR) is 124 cm³/mol. The maximum Gasteiger partial charge on any atom is 0.119 e. The van der Waals surface area contributed by atoms with Crippen molar-refractivity contribution < 1.29 is 10.2 Å². The van der Waals surface area contributed by atoms with Crippen LogP contribution in [0.4, 0.5) is 0 Å². The molecule has 2 nitrogen and oxygen atoms in total. The van der Waals surface area contributed by atoms with Crippen LogP contribution in [-0.4, -0.2) is 10.2 Å². The molecule has 2 aromatic carbocycles. The van der Waals surface area contributed by atoms with Crippen molar-refractivity contribution in [2.75, 3.05) is 0 Å². The van der Waals surface area contributed by atoms with Crippen LogP contribution >= 0.6 is 0 Å². The fourth-order valence-corrected chi connectivity index (χ4v) is 4.39. The van der Waals surface area contributed by atoms with Crippen molar-refractivity contribution in [1.82, 2.24) is 0 Å². The van der Waals surface area contributed by atoms with Gasteiger partial charge in [-0.05, 0) is 58.1 Å². The van der Waals surface area contributed by atoms with Gasteiger partial charge in [0.2, 0.25) is 0 Å². The molecule has 2 rings (SSSR count). The molecule has 2 N–H and O–H groups in total. The normalized spacial score (nSPS) is 13.0. The van der Waals surface area contributed by atoms with E-state index in [9.17, 15) is 10.2 Å². The Kier molecular flexibility index (Phi) is 6.77. The van der Waals surface area contributed by atoms with Gasteiger partial charge in [-0.2, -0.15) is 0 Å². The summed E-state index contributed by atoms with van der Waals surface area (Å²) < 4.78 is 0. The molecule has 0 heterocycles. The van der Waals surface area contributed by atoms with Crippen LogP contribution in [0, 0.1) is 0 Å². The molecule has 0 bridgehead atoms. The van der Waals surface area contributed by atoms with Crippen LogP contribution in [0.25, 0.3) is 0 Å². The second kappa shape index (κ2) is 8.42. The van der Waals surface area contributed by atoms with Crippen LogP contribution in [0.1, 0.15) is 103 Å². The molecule has 2 heteroatoms. The van der Waals surface area contributed by atoms with Gasteiger partial charge in [0.15, 0.2) is 0 Å². The van der Waals surface area contributed by atoms with E-state index in [4.69, 9.17) is 0 Å². The Hall–Kier alpha value is -1.96. The summed E-state index contributed by atoms with van der Waals surface area (Å²) in [6.07, 6.45) is 4.28. The Bertz CT molecular complexity index is 771. The molecule has 2 aromatic rings. The zero-order valence-electron chi connectivity index (χ0n) is 19.7. The van der Waals surface area contributed by atoms with Crippen molar-refractivity contribution in [3.63, 3.8) is 0 Å². The SMILES string of the molecule is CCCCC(CC)(c1ccc(O)c(C(C)(C)C)c1)c1ccc(O)c(C(C)(C)C)c1. The zero-order valence-corrected chi connectivity index (χ0v) is 19.7. The largest absolute Gasteiger partial charge is 0.508 e. The van der Waals surface area contributed by atoms with Crippen LogP contribution in [0.5, 0.6) is 11.5 Å². The maximum absolute atomic E-state index is 10.5. The highest BCUT2D eigenvalue weighted by Crippen LogP contribution is 2.45. The Morgan fingerprint density at radius 1 is 0.690 bits per heavy atom. The zero-order chi connectivity index (χ0) is 22.0. The Balaban J connectivity index is 2.77. The van der Waals surface area contributed by atoms with Gasteiger partial charge in [0.1, 0.15) is 11.5 Å². The van der Waals surface area contributed by atoms with Crippen molar-refractivity contribution in [1.29, 1.82) is 0 Å². The highest BCUT2D eigenvalue weighted by Gasteiger charge is 2.35. The number of phenols is 2. The summed E-state index contributed by atoms with van der Waals surface area (Å²) >= 11 is 0. The lowest BCUT2D eigenvalue weighted by Gasteiger charge is -2.37. The standard InChI is InChI=1S/C27H40O2/c1-9-11-16-27(10-2,19-12-14-23(28)21(17-19)25(3,4)5)20-13-15-24(29)22(18-20)26(6,7)8/h12-15,17-18,28-29H,9-11,16H2,1-8H3. The second-order valence-electron chi connectivity index (χ2n) is 10.5. The van der Waals surface area contributed by atoms with Gasteiger partial charge in [-0.1, -0.05) is 92.5 Å². The first kappa shape index (κ1) is 23.3. The molecule has 0 spiro atoms. The molecule has 0 aliphatic carbocycles. The predicted octanol–water partition coefficient (Wildman–Crippen LogP) is 7.58. The number of hydrogen-bond acceptors (Lipinski definition) is 2. The minimum Gasteiger partial charge on any atom is -0.508 e. The van der Waals surface area contributed by atoms with Gasteiger partial charge in [-0.15, -0.1) is 0 Å². The second-order valence-corrected chi connectivity index (χ2v) is 10.5. The summed E-state index contributed by atoms with van der Waals surface area (Å²) in [5.41, 5.74) is 4.07. The average molecular weight is 397 g/mol. The van der Waals surface area contributed by atoms with Gasteiger partial charge >= 0.3 is 0 Å². The van der Waals surface area contributed by atoms with Crippen LogP contribution in [-0.2, 0) is 16.2 Å². The third kappa shape index (κ3) is 4.79. The van der Waals surface area contributed by atoms with Crippen LogP contribution < -0.4 is 0 Å². The third-order valence-corrected chi connectivity index (χ3v) is 6.27. The van der Waals surface area contributed by atoms with E-state index in [0.717, 1.165) is 36.8 Å². The topological polar surface area (TPSA) is 40.5 Å². The first-order chi connectivity index (χ1) is 13.4. The lowest BCUT2D eigenvalue weighted by atomic mass is 9.67. The van der Waals surface area contributed by atoms with Crippen molar-refractivity contribution in [2.45, 2.75) is 97.3 Å². The molecule has 0 aliphatic rings. The van der Waals surface area contributed by atoms with Gasteiger partial charge in [-0.3, -0.25) is 0 Å². The van der Waals surface area contributed by atoms with E-state index in [1.165, 1.54) is 11.1 Å². The Morgan fingerprint density at radius 3 is 1.41 bits per heavy atom. The molecule has 0 atom stereocenters. The summed E-state index contributed by atoms with van der Waals surface area (Å²) in [6.45, 7) is 17.3. The maximum atomic E-state index is 10.5. The van der Waals surface area contributed by atoms with E-state index in [1.807, 2.05) is 12.1 Å². The molecule has 0 amide bonds. The minimum absolute atomic E-state index is 0.129. The highest BCUT2D eigenvalue weighted by molar-refractivity contribution is 5.50. The Labute approximate surface area is 178 Å². The number of benzene rings is 2. The molecular weight excluding hydrogens is 356 g/mol. The first-order valence-electron chi connectivity index (χ1n) is 11.0. The average Bonchev–Trinajstić information content (AvgIpc) is 2.62. The number of hydrogen-bond donors (Lipinski definition) is 2. The monoisotopic (exact) mass is 396 g/mol. The molecule has 0 fully saturated rings. The fraction of sp³-hybridized carbons (Fsp3) is 0.556. The molecule has 0 radical (unpaired) electrons. The summed E-state index contributed by atoms with van der Waals surface area (Å²) in [5, 5.41) is 21.0. The summed E-state index contributed by atoms with van der Waals surface area (Å²) in [6, 6.07) is 12.3. The first-order valence-corrected chi connectivity index (χ1v) is 11.0. The highest BCUT2D eigenvalue weighted by atomic mass is 16.3. The van der Waals surface area contributed by atoms with Crippen molar-refractivity contribution in [3.05, 3.63) is 58.7 Å². The van der Waals surface area contributed by atoms with E-state index in [2.05, 4.69) is 79.7 Å². The van der Waals surface area contributed by atoms with Gasteiger partial charge in [0, 0.05) is 5.41 Å². The minimum atomic E-state index is -0.141. The molecular formula is C27H40O2. The summed E-state index contributed by atoms with van der Waals surface area (Å²) in [5.74, 6) is 0.727. The van der Waals surface area contributed by atoms with E-state index in [0.29, 0.717) is 11.5 Å². The van der Waals surface area contributed by atoms with Crippen molar-refractivity contribution in [2.24, 2.45) is 0 Å². The Morgan fingerprint density at radius 2 is 1.10 bits per heavy atom. The number of phenolic OH excluding ortho intramolecular Hbond substituents is 2. The summed E-state index contributed by atoms with van der Waals surface area (Å²) in [4.78, 5) is 0. The van der Waals surface area contributed by atoms with E-state index < -0.39 is 0 Å². The molecule has 0 saturated carbocycles. The molecule has 0 saturated heterocycles. The number of aromatic hydroxyl groups is 2. The van der Waals surface area contributed by atoms with Gasteiger partial charge in [0.05, 0.1) is 0 Å². The van der Waals surface area contributed by atoms with Gasteiger partial charge in [-0.25, -0.2) is 0 Å². The molecule has 0 unspecified atom stereocenters. The number of unbranched alkanes of at least 4 members (excludes halogenated alkanes) is 1. The molecule has 0 aromatic heterocycles. The van der Waals surface area contributed by atoms with Crippen molar-refractivity contribution >= 4 is 0 Å². The smallest absolute Gasteiger partial charge is 0.119 e. The third-order valence-electron chi connectivity index (χ3n) is 6.27. The van der Waals surface area contributed by atoms with Crippen LogP contribution in [0.15, 0.2) is 36.4 Å². The molecule has 0 aliphatic heterocycles. The van der Waals surface area contributed by atoms with E-state index in [1.54, 1.807) is 0 Å². The quantitative estimate of drug-likeness (QED) is 0.528. The molecule has 160 valence electrons.